The highest BCUT2D eigenvalue weighted by Crippen LogP contribution is 2.41. The summed E-state index contributed by atoms with van der Waals surface area (Å²) in [7, 11) is 0. The minimum atomic E-state index is -0.461. The van der Waals surface area contributed by atoms with Crippen LogP contribution in [0.2, 0.25) is 0 Å². The molecule has 0 aromatic heterocycles. The Morgan fingerprint density at radius 1 is 1.60 bits per heavy atom. The van der Waals surface area contributed by atoms with Gasteiger partial charge in [-0.1, -0.05) is 28.1 Å². The molecule has 1 aromatic rings. The number of hydrogen-bond acceptors (Lipinski definition) is 1. The lowest BCUT2D eigenvalue weighted by Gasteiger charge is -2.19. The maximum absolute atomic E-state index is 11.9. The second-order valence-corrected chi connectivity index (χ2v) is 4.88. The number of carbonyl (C=O) groups excluding carboxylic acids is 1. The maximum Gasteiger partial charge on any atom is 0.235 e. The van der Waals surface area contributed by atoms with Crippen molar-refractivity contribution >= 4 is 27.5 Å². The van der Waals surface area contributed by atoms with Crippen LogP contribution < -0.4 is 5.32 Å². The molecule has 1 unspecified atom stereocenters. The molecule has 1 N–H and O–H groups in total. The Bertz CT molecular complexity index is 441. The molecule has 0 fully saturated rings. The number of fused-ring (bicyclic) bond motifs is 1. The molecule has 0 bridgehead atoms. The van der Waals surface area contributed by atoms with E-state index in [1.54, 1.807) is 6.08 Å². The topological polar surface area (TPSA) is 29.1 Å². The van der Waals surface area contributed by atoms with Gasteiger partial charge in [-0.3, -0.25) is 4.79 Å². The first-order chi connectivity index (χ1) is 7.08. The summed E-state index contributed by atoms with van der Waals surface area (Å²) in [6.07, 6.45) is 2.45. The molecule has 78 valence electrons. The Balaban J connectivity index is 2.54. The van der Waals surface area contributed by atoms with Gasteiger partial charge >= 0.3 is 0 Å². The molecule has 0 saturated heterocycles. The predicted octanol–water partition coefficient (Wildman–Crippen LogP) is 3.24. The standard InChI is InChI=1S/C12H12BrNO/c1-3-6-12(2)9-5-4-8(13)7-10(9)14-11(12)15/h3-5,7H,1,6H2,2H3,(H,14,15). The van der Waals surface area contributed by atoms with Gasteiger partial charge in [-0.15, -0.1) is 6.58 Å². The molecule has 2 nitrogen and oxygen atoms in total. The third-order valence-electron chi connectivity index (χ3n) is 2.88. The van der Waals surface area contributed by atoms with Crippen LogP contribution in [0.5, 0.6) is 0 Å². The summed E-state index contributed by atoms with van der Waals surface area (Å²) >= 11 is 3.39. The molecular formula is C12H12BrNO. The molecular weight excluding hydrogens is 254 g/mol. The van der Waals surface area contributed by atoms with Crippen molar-refractivity contribution < 1.29 is 4.79 Å². The van der Waals surface area contributed by atoms with Crippen LogP contribution in [0, 0.1) is 0 Å². The molecule has 0 radical (unpaired) electrons. The molecule has 1 heterocycles. The van der Waals surface area contributed by atoms with Gasteiger partial charge in [0.1, 0.15) is 0 Å². The zero-order valence-corrected chi connectivity index (χ0v) is 10.1. The second kappa shape index (κ2) is 3.49. The number of allylic oxidation sites excluding steroid dienone is 1. The first-order valence-electron chi connectivity index (χ1n) is 4.80. The summed E-state index contributed by atoms with van der Waals surface area (Å²) in [4.78, 5) is 11.9. The fourth-order valence-corrected chi connectivity index (χ4v) is 2.34. The smallest absolute Gasteiger partial charge is 0.235 e. The molecule has 3 heteroatoms. The number of amides is 1. The van der Waals surface area contributed by atoms with Crippen LogP contribution in [-0.4, -0.2) is 5.91 Å². The zero-order valence-electron chi connectivity index (χ0n) is 8.51. The number of carbonyl (C=O) groups is 1. The first kappa shape index (κ1) is 10.4. The van der Waals surface area contributed by atoms with Gasteiger partial charge in [0.05, 0.1) is 5.41 Å². The summed E-state index contributed by atoms with van der Waals surface area (Å²) in [5.74, 6) is 0.0514. The van der Waals surface area contributed by atoms with Crippen LogP contribution >= 0.6 is 15.9 Å². The number of halogens is 1. The van der Waals surface area contributed by atoms with Gasteiger partial charge in [-0.05, 0) is 31.0 Å². The van der Waals surface area contributed by atoms with Crippen LogP contribution in [0.15, 0.2) is 35.3 Å². The Labute approximate surface area is 97.5 Å². The third-order valence-corrected chi connectivity index (χ3v) is 3.37. The Hall–Kier alpha value is -1.09. The summed E-state index contributed by atoms with van der Waals surface area (Å²) in [6.45, 7) is 5.65. The van der Waals surface area contributed by atoms with Crippen LogP contribution in [-0.2, 0) is 10.2 Å². The third kappa shape index (κ3) is 1.51. The van der Waals surface area contributed by atoms with E-state index in [0.29, 0.717) is 6.42 Å². The number of nitrogens with one attached hydrogen (secondary N) is 1. The number of benzene rings is 1. The van der Waals surface area contributed by atoms with Crippen LogP contribution in [0.3, 0.4) is 0 Å². The molecule has 0 spiro atoms. The van der Waals surface area contributed by atoms with Crippen molar-refractivity contribution in [3.8, 4) is 0 Å². The van der Waals surface area contributed by atoms with E-state index in [-0.39, 0.29) is 5.91 Å². The van der Waals surface area contributed by atoms with Gasteiger partial charge in [-0.2, -0.15) is 0 Å². The zero-order chi connectivity index (χ0) is 11.1. The van der Waals surface area contributed by atoms with Crippen LogP contribution in [0.1, 0.15) is 18.9 Å². The highest BCUT2D eigenvalue weighted by Gasteiger charge is 2.41. The van der Waals surface area contributed by atoms with Crippen molar-refractivity contribution in [2.24, 2.45) is 0 Å². The highest BCUT2D eigenvalue weighted by atomic mass is 79.9. The van der Waals surface area contributed by atoms with E-state index in [1.165, 1.54) is 0 Å². The largest absolute Gasteiger partial charge is 0.325 e. The van der Waals surface area contributed by atoms with Gasteiger partial charge in [0.25, 0.3) is 0 Å². The number of anilines is 1. The molecule has 1 aliphatic rings. The average Bonchev–Trinajstić information content (AvgIpc) is 2.39. The fraction of sp³-hybridized carbons (Fsp3) is 0.250. The summed E-state index contributed by atoms with van der Waals surface area (Å²) < 4.78 is 0.976. The second-order valence-electron chi connectivity index (χ2n) is 3.97. The van der Waals surface area contributed by atoms with Crippen molar-refractivity contribution in [3.63, 3.8) is 0 Å². The summed E-state index contributed by atoms with van der Waals surface area (Å²) in [6, 6.07) is 5.88. The van der Waals surface area contributed by atoms with E-state index in [0.717, 1.165) is 15.7 Å². The van der Waals surface area contributed by atoms with Crippen molar-refractivity contribution in [2.45, 2.75) is 18.8 Å². The van der Waals surface area contributed by atoms with E-state index in [4.69, 9.17) is 0 Å². The lowest BCUT2D eigenvalue weighted by atomic mass is 9.81. The van der Waals surface area contributed by atoms with E-state index in [2.05, 4.69) is 27.8 Å². The lowest BCUT2D eigenvalue weighted by Crippen LogP contribution is -2.30. The number of hydrogen-bond donors (Lipinski definition) is 1. The minimum absolute atomic E-state index is 0.0514. The SMILES string of the molecule is C=CCC1(C)C(=O)Nc2cc(Br)ccc21. The van der Waals surface area contributed by atoms with Crippen LogP contribution in [0.4, 0.5) is 5.69 Å². The van der Waals surface area contributed by atoms with E-state index >= 15 is 0 Å². The Morgan fingerprint density at radius 3 is 3.00 bits per heavy atom. The molecule has 0 saturated carbocycles. The lowest BCUT2D eigenvalue weighted by molar-refractivity contribution is -0.120. The van der Waals surface area contributed by atoms with E-state index in [9.17, 15) is 4.79 Å². The van der Waals surface area contributed by atoms with Gasteiger partial charge < -0.3 is 5.32 Å². The quantitative estimate of drug-likeness (QED) is 0.818. The highest BCUT2D eigenvalue weighted by molar-refractivity contribution is 9.10. The van der Waals surface area contributed by atoms with E-state index < -0.39 is 5.41 Å². The minimum Gasteiger partial charge on any atom is -0.325 e. The average molecular weight is 266 g/mol. The molecule has 2 rings (SSSR count). The Kier molecular flexibility index (Phi) is 2.43. The Morgan fingerprint density at radius 2 is 2.33 bits per heavy atom. The van der Waals surface area contributed by atoms with Crippen molar-refractivity contribution in [1.82, 2.24) is 0 Å². The number of rotatable bonds is 2. The van der Waals surface area contributed by atoms with Crippen molar-refractivity contribution in [3.05, 3.63) is 40.9 Å². The molecule has 1 atom stereocenters. The molecule has 1 aliphatic heterocycles. The van der Waals surface area contributed by atoms with E-state index in [1.807, 2.05) is 25.1 Å². The summed E-state index contributed by atoms with van der Waals surface area (Å²) in [5.41, 5.74) is 1.49. The monoisotopic (exact) mass is 265 g/mol. The predicted molar refractivity (Wildman–Crippen MR) is 64.9 cm³/mol. The molecule has 0 aliphatic carbocycles. The maximum atomic E-state index is 11.9. The fourth-order valence-electron chi connectivity index (χ4n) is 1.97. The van der Waals surface area contributed by atoms with Gasteiger partial charge in [0.15, 0.2) is 0 Å². The molecule has 1 amide bonds. The first-order valence-corrected chi connectivity index (χ1v) is 5.59. The van der Waals surface area contributed by atoms with Gasteiger partial charge in [-0.25, -0.2) is 0 Å². The van der Waals surface area contributed by atoms with Crippen molar-refractivity contribution in [1.29, 1.82) is 0 Å². The molecule has 15 heavy (non-hydrogen) atoms. The van der Waals surface area contributed by atoms with Gasteiger partial charge in [0.2, 0.25) is 5.91 Å². The molecule has 1 aromatic carbocycles. The van der Waals surface area contributed by atoms with Crippen LogP contribution in [0.25, 0.3) is 0 Å². The summed E-state index contributed by atoms with van der Waals surface area (Å²) in [5, 5.41) is 2.90. The van der Waals surface area contributed by atoms with Crippen molar-refractivity contribution in [2.75, 3.05) is 5.32 Å². The normalized spacial score (nSPS) is 23.5. The van der Waals surface area contributed by atoms with Gasteiger partial charge in [0, 0.05) is 10.2 Å².